The van der Waals surface area contributed by atoms with Gasteiger partial charge in [0.2, 0.25) is 5.36 Å². The third-order valence-corrected chi connectivity index (χ3v) is 5.05. The van der Waals surface area contributed by atoms with E-state index in [1.807, 2.05) is 0 Å². The van der Waals surface area contributed by atoms with Gasteiger partial charge in [0.05, 0.1) is 6.07 Å². The molecule has 1 aliphatic heterocycles. The van der Waals surface area contributed by atoms with Crippen molar-refractivity contribution >= 4 is 11.0 Å². The van der Waals surface area contributed by atoms with Crippen molar-refractivity contribution in [1.82, 2.24) is 4.58 Å². The summed E-state index contributed by atoms with van der Waals surface area (Å²) in [4.78, 5) is 0. The van der Waals surface area contributed by atoms with E-state index >= 15 is 0 Å². The third-order valence-electron chi connectivity index (χ3n) is 5.05. The first-order valence-corrected chi connectivity index (χ1v) is 9.32. The molecule has 2 aliphatic rings. The van der Waals surface area contributed by atoms with E-state index in [2.05, 4.69) is 92.1 Å². The normalized spacial score (nSPS) is 11.2. The standard InChI is InChI=1S/C24H24NO/c1-4-25(5-2)19-12-14-21-23(16-19)26-22-15-17(3)11-13-20(22)24(21)18-9-7-6-8-10-18/h6-16H,4-5H2,1-3H3/q+1. The quantitative estimate of drug-likeness (QED) is 0.363. The second-order valence-electron chi connectivity index (χ2n) is 6.70. The Morgan fingerprint density at radius 1 is 0.846 bits per heavy atom. The molecule has 4 rings (SSSR count). The fourth-order valence-corrected chi connectivity index (χ4v) is 3.69. The van der Waals surface area contributed by atoms with Crippen molar-refractivity contribution in [2.45, 2.75) is 20.8 Å². The molecular formula is C24H24NO+. The highest BCUT2D eigenvalue weighted by Gasteiger charge is 2.18. The Balaban J connectivity index is 2.14. The Bertz CT molecular complexity index is 1100. The lowest BCUT2D eigenvalue weighted by molar-refractivity contribution is 0.604. The van der Waals surface area contributed by atoms with Gasteiger partial charge in [-0.1, -0.05) is 42.5 Å². The predicted octanol–water partition coefficient (Wildman–Crippen LogP) is 5.33. The Kier molecular flexibility index (Phi) is 4.34. The fourth-order valence-electron chi connectivity index (χ4n) is 3.69. The smallest absolute Gasteiger partial charge is 0.203 e. The Labute approximate surface area is 154 Å². The van der Waals surface area contributed by atoms with Crippen LogP contribution in [0.2, 0.25) is 0 Å². The lowest BCUT2D eigenvalue weighted by Crippen LogP contribution is -2.29. The van der Waals surface area contributed by atoms with Gasteiger partial charge in [-0.25, -0.2) is 4.58 Å². The third kappa shape index (κ3) is 2.82. The summed E-state index contributed by atoms with van der Waals surface area (Å²) in [6, 6.07) is 23.6. The number of rotatable bonds is 3. The van der Waals surface area contributed by atoms with Gasteiger partial charge in [-0.3, -0.25) is 0 Å². The van der Waals surface area contributed by atoms with Crippen LogP contribution in [0.5, 0.6) is 0 Å². The van der Waals surface area contributed by atoms with E-state index in [-0.39, 0.29) is 0 Å². The van der Waals surface area contributed by atoms with Crippen LogP contribution < -0.4 is 9.93 Å². The number of hydrogen-bond acceptors (Lipinski definition) is 1. The van der Waals surface area contributed by atoms with Crippen LogP contribution in [0.15, 0.2) is 71.1 Å². The van der Waals surface area contributed by atoms with Crippen molar-refractivity contribution in [3.05, 3.63) is 77.7 Å². The van der Waals surface area contributed by atoms with Crippen molar-refractivity contribution in [2.75, 3.05) is 13.1 Å². The van der Waals surface area contributed by atoms with Gasteiger partial charge in [-0.15, -0.1) is 0 Å². The molecule has 2 heteroatoms. The van der Waals surface area contributed by atoms with E-state index in [1.54, 1.807) is 0 Å². The van der Waals surface area contributed by atoms with Crippen LogP contribution in [-0.4, -0.2) is 13.1 Å². The molecule has 0 N–H and O–H groups in total. The highest BCUT2D eigenvalue weighted by molar-refractivity contribution is 6.01. The summed E-state index contributed by atoms with van der Waals surface area (Å²) in [5.41, 5.74) is 5.77. The van der Waals surface area contributed by atoms with Crippen LogP contribution in [0.4, 0.5) is 0 Å². The van der Waals surface area contributed by atoms with E-state index < -0.39 is 0 Å². The van der Waals surface area contributed by atoms with Gasteiger partial charge in [-0.2, -0.15) is 0 Å². The summed E-state index contributed by atoms with van der Waals surface area (Å²) in [5.74, 6) is 0.936. The van der Waals surface area contributed by atoms with Crippen LogP contribution in [0, 0.1) is 6.92 Å². The molecule has 0 saturated carbocycles. The minimum absolute atomic E-state index is 0.936. The molecule has 0 unspecified atom stereocenters. The molecule has 26 heavy (non-hydrogen) atoms. The summed E-state index contributed by atoms with van der Waals surface area (Å²) in [6.07, 6.45) is 0. The number of hydrogen-bond donors (Lipinski definition) is 0. The minimum Gasteiger partial charge on any atom is -0.456 e. The second kappa shape index (κ2) is 6.80. The lowest BCUT2D eigenvalue weighted by atomic mass is 9.93. The maximum absolute atomic E-state index is 6.34. The van der Waals surface area contributed by atoms with Crippen LogP contribution in [-0.2, 0) is 0 Å². The summed E-state index contributed by atoms with van der Waals surface area (Å²) in [7, 11) is 0. The van der Waals surface area contributed by atoms with Crippen molar-refractivity contribution in [3.63, 3.8) is 0 Å². The molecule has 0 radical (unpaired) electrons. The first kappa shape index (κ1) is 16.6. The molecule has 0 saturated heterocycles. The maximum Gasteiger partial charge on any atom is 0.203 e. The van der Waals surface area contributed by atoms with Gasteiger partial charge in [-0.05, 0) is 44.0 Å². The molecular weight excluding hydrogens is 318 g/mol. The molecule has 0 atom stereocenters. The van der Waals surface area contributed by atoms with Crippen LogP contribution in [0.3, 0.4) is 0 Å². The van der Waals surface area contributed by atoms with E-state index in [9.17, 15) is 0 Å². The SMILES string of the molecule is CC[N+](CC)=c1ccc2c(-c3ccccc3)c3ccc(C)cc3oc-2c1. The molecule has 1 heterocycles. The lowest BCUT2D eigenvalue weighted by Gasteiger charge is -2.15. The van der Waals surface area contributed by atoms with Crippen molar-refractivity contribution in [2.24, 2.45) is 0 Å². The van der Waals surface area contributed by atoms with Crippen molar-refractivity contribution in [3.8, 4) is 22.5 Å². The largest absolute Gasteiger partial charge is 0.456 e. The maximum atomic E-state index is 6.34. The van der Waals surface area contributed by atoms with E-state index in [0.717, 1.165) is 35.4 Å². The van der Waals surface area contributed by atoms with E-state index in [1.165, 1.54) is 22.0 Å². The number of aryl methyl sites for hydroxylation is 1. The summed E-state index contributed by atoms with van der Waals surface area (Å²) in [6.45, 7) is 8.45. The van der Waals surface area contributed by atoms with Gasteiger partial charge in [0.1, 0.15) is 24.4 Å². The van der Waals surface area contributed by atoms with Gasteiger partial charge in [0.25, 0.3) is 0 Å². The topological polar surface area (TPSA) is 16.1 Å². The molecule has 1 aliphatic carbocycles. The Morgan fingerprint density at radius 3 is 2.35 bits per heavy atom. The summed E-state index contributed by atoms with van der Waals surface area (Å²) in [5, 5.41) is 2.36. The van der Waals surface area contributed by atoms with E-state index in [4.69, 9.17) is 4.42 Å². The zero-order chi connectivity index (χ0) is 18.1. The molecule has 2 aromatic rings. The van der Waals surface area contributed by atoms with Crippen molar-refractivity contribution < 1.29 is 4.42 Å². The van der Waals surface area contributed by atoms with Crippen LogP contribution >= 0.6 is 0 Å². The van der Waals surface area contributed by atoms with E-state index in [0.29, 0.717) is 0 Å². The predicted molar refractivity (Wildman–Crippen MR) is 109 cm³/mol. The van der Waals surface area contributed by atoms with Gasteiger partial charge in [0.15, 0.2) is 0 Å². The Morgan fingerprint density at radius 2 is 1.62 bits per heavy atom. The molecule has 0 fully saturated rings. The number of fused-ring (bicyclic) bond motifs is 2. The average Bonchev–Trinajstić information content (AvgIpc) is 2.67. The van der Waals surface area contributed by atoms with Crippen LogP contribution in [0.25, 0.3) is 33.4 Å². The first-order chi connectivity index (χ1) is 12.7. The molecule has 0 spiro atoms. The summed E-state index contributed by atoms with van der Waals surface area (Å²) >= 11 is 0. The van der Waals surface area contributed by atoms with Gasteiger partial charge < -0.3 is 4.42 Å². The van der Waals surface area contributed by atoms with Gasteiger partial charge in [0, 0.05) is 22.6 Å². The zero-order valence-electron chi connectivity index (χ0n) is 15.6. The minimum atomic E-state index is 0.936. The highest BCUT2D eigenvalue weighted by Crippen LogP contribution is 2.39. The number of benzene rings is 3. The molecule has 2 aromatic carbocycles. The molecule has 0 aromatic heterocycles. The number of nitrogens with zero attached hydrogens (tertiary/aromatic N) is 1. The monoisotopic (exact) mass is 342 g/mol. The van der Waals surface area contributed by atoms with Gasteiger partial charge >= 0.3 is 0 Å². The summed E-state index contributed by atoms with van der Waals surface area (Å²) < 4.78 is 8.69. The highest BCUT2D eigenvalue weighted by atomic mass is 16.3. The second-order valence-corrected chi connectivity index (χ2v) is 6.70. The molecule has 0 amide bonds. The van der Waals surface area contributed by atoms with Crippen molar-refractivity contribution in [1.29, 1.82) is 0 Å². The Hall–Kier alpha value is -2.87. The fraction of sp³-hybridized carbons (Fsp3) is 0.208. The zero-order valence-corrected chi connectivity index (χ0v) is 15.6. The first-order valence-electron chi connectivity index (χ1n) is 9.32. The molecule has 130 valence electrons. The molecule has 2 nitrogen and oxygen atoms in total. The van der Waals surface area contributed by atoms with Crippen LogP contribution in [0.1, 0.15) is 19.4 Å². The average molecular weight is 342 g/mol. The molecule has 0 bridgehead atoms.